The zero-order valence-electron chi connectivity index (χ0n) is 18.4. The zero-order chi connectivity index (χ0) is 23.7. The van der Waals surface area contributed by atoms with Gasteiger partial charge in [0.1, 0.15) is 28.3 Å². The highest BCUT2D eigenvalue weighted by Crippen LogP contribution is 2.37. The summed E-state index contributed by atoms with van der Waals surface area (Å²) in [6, 6.07) is 16.7. The molecule has 2 aromatic carbocycles. The second-order valence-electron chi connectivity index (χ2n) is 7.50. The highest BCUT2D eigenvalue weighted by Gasteiger charge is 2.30. The Hall–Kier alpha value is -3.75. The average molecular weight is 491 g/mol. The molecule has 7 nitrogen and oxygen atoms in total. The van der Waals surface area contributed by atoms with Crippen LogP contribution < -0.4 is 9.64 Å². The molecule has 0 radical (unpaired) electrons. The fourth-order valence-corrected chi connectivity index (χ4v) is 4.89. The van der Waals surface area contributed by atoms with E-state index in [2.05, 4.69) is 10.1 Å². The Morgan fingerprint density at radius 3 is 2.76 bits per heavy atom. The van der Waals surface area contributed by atoms with Crippen LogP contribution in [0.2, 0.25) is 5.02 Å². The predicted octanol–water partition coefficient (Wildman–Crippen LogP) is 6.16. The maximum atomic E-state index is 14.1. The number of hydrogen-bond donors (Lipinski definition) is 0. The fraction of sp³-hybridized carbons (Fsp3) is 0.120. The van der Waals surface area contributed by atoms with Gasteiger partial charge in [-0.1, -0.05) is 58.4 Å². The van der Waals surface area contributed by atoms with Crippen molar-refractivity contribution in [3.05, 3.63) is 88.9 Å². The molecular formula is C25H19ClN4O3S. The average Bonchev–Trinajstić information content (AvgIpc) is 3.46. The second kappa shape index (κ2) is 9.24. The largest absolute Gasteiger partial charge is 0.494 e. The van der Waals surface area contributed by atoms with Crippen LogP contribution in [0.4, 0.5) is 5.13 Å². The molecule has 170 valence electrons. The molecule has 0 atom stereocenters. The maximum absolute atomic E-state index is 14.1. The third-order valence-corrected chi connectivity index (χ3v) is 6.71. The number of fused-ring (bicyclic) bond motifs is 1. The quantitative estimate of drug-likeness (QED) is 0.283. The molecule has 0 saturated heterocycles. The van der Waals surface area contributed by atoms with E-state index in [1.165, 1.54) is 11.3 Å². The van der Waals surface area contributed by atoms with E-state index in [4.69, 9.17) is 25.8 Å². The van der Waals surface area contributed by atoms with E-state index < -0.39 is 0 Å². The van der Waals surface area contributed by atoms with Gasteiger partial charge in [-0.2, -0.15) is 0 Å². The molecule has 3 heterocycles. The minimum atomic E-state index is -0.296. The molecule has 34 heavy (non-hydrogen) atoms. The standard InChI is InChI=1S/C25H19ClN4O3S/c1-15-21(22(29-33-15)17-8-3-4-9-18(17)26)24(31)30(14-16-7-6-12-27-13-16)25-28-23-19(32-2)10-5-11-20(23)34-25/h3-13H,14H2,1-2H3. The first kappa shape index (κ1) is 22.1. The first-order valence-corrected chi connectivity index (χ1v) is 11.6. The second-order valence-corrected chi connectivity index (χ2v) is 8.91. The monoisotopic (exact) mass is 490 g/mol. The molecule has 9 heteroatoms. The molecule has 0 unspecified atom stereocenters. The number of halogens is 1. The number of methoxy groups -OCH3 is 1. The van der Waals surface area contributed by atoms with E-state index in [0.717, 1.165) is 10.3 Å². The summed E-state index contributed by atoms with van der Waals surface area (Å²) in [7, 11) is 1.60. The number of hydrogen-bond acceptors (Lipinski definition) is 7. The number of rotatable bonds is 6. The summed E-state index contributed by atoms with van der Waals surface area (Å²) in [6.45, 7) is 1.98. The van der Waals surface area contributed by atoms with Crippen LogP contribution in [0, 0.1) is 6.92 Å². The Labute approximate surface area is 204 Å². The number of carbonyl (C=O) groups excluding carboxylic acids is 1. The Balaban J connectivity index is 1.65. The molecule has 5 rings (SSSR count). The summed E-state index contributed by atoms with van der Waals surface area (Å²) in [5, 5.41) is 5.17. The van der Waals surface area contributed by atoms with Gasteiger partial charge in [0.2, 0.25) is 0 Å². The maximum Gasteiger partial charge on any atom is 0.266 e. The third-order valence-electron chi connectivity index (χ3n) is 5.34. The first-order chi connectivity index (χ1) is 16.6. The van der Waals surface area contributed by atoms with Gasteiger partial charge >= 0.3 is 0 Å². The molecule has 0 aliphatic carbocycles. The summed E-state index contributed by atoms with van der Waals surface area (Å²) >= 11 is 7.83. The molecule has 0 aliphatic rings. The predicted molar refractivity (Wildman–Crippen MR) is 133 cm³/mol. The van der Waals surface area contributed by atoms with Gasteiger partial charge in [-0.25, -0.2) is 4.98 Å². The van der Waals surface area contributed by atoms with Crippen molar-refractivity contribution < 1.29 is 14.1 Å². The Bertz CT molecular complexity index is 1480. The van der Waals surface area contributed by atoms with Gasteiger partial charge in [0, 0.05) is 18.0 Å². The van der Waals surface area contributed by atoms with Crippen molar-refractivity contribution in [2.45, 2.75) is 13.5 Å². The van der Waals surface area contributed by atoms with Crippen LogP contribution in [0.1, 0.15) is 21.7 Å². The van der Waals surface area contributed by atoms with E-state index in [0.29, 0.717) is 44.0 Å². The lowest BCUT2D eigenvalue weighted by Gasteiger charge is -2.20. The van der Waals surface area contributed by atoms with Crippen LogP contribution >= 0.6 is 22.9 Å². The molecule has 0 saturated carbocycles. The minimum absolute atomic E-state index is 0.265. The van der Waals surface area contributed by atoms with Gasteiger partial charge in [-0.05, 0) is 36.8 Å². The number of nitrogens with zero attached hydrogens (tertiary/aromatic N) is 4. The number of anilines is 1. The van der Waals surface area contributed by atoms with Crippen molar-refractivity contribution in [2.75, 3.05) is 12.0 Å². The van der Waals surface area contributed by atoms with Gasteiger partial charge < -0.3 is 9.26 Å². The van der Waals surface area contributed by atoms with E-state index in [1.54, 1.807) is 37.4 Å². The summed E-state index contributed by atoms with van der Waals surface area (Å²) < 4.78 is 11.8. The van der Waals surface area contributed by atoms with Gasteiger partial charge in [-0.15, -0.1) is 0 Å². The van der Waals surface area contributed by atoms with Crippen LogP contribution in [-0.4, -0.2) is 28.1 Å². The van der Waals surface area contributed by atoms with Crippen LogP contribution in [0.25, 0.3) is 21.5 Å². The van der Waals surface area contributed by atoms with Crippen molar-refractivity contribution in [3.63, 3.8) is 0 Å². The first-order valence-electron chi connectivity index (χ1n) is 10.4. The van der Waals surface area contributed by atoms with Gasteiger partial charge in [0.25, 0.3) is 5.91 Å². The molecule has 0 bridgehead atoms. The number of benzene rings is 2. The molecule has 0 fully saturated rings. The highest BCUT2D eigenvalue weighted by atomic mass is 35.5. The summed E-state index contributed by atoms with van der Waals surface area (Å²) in [4.78, 5) is 24.6. The number of aromatic nitrogens is 3. The number of pyridine rings is 1. The summed E-state index contributed by atoms with van der Waals surface area (Å²) in [5.74, 6) is 0.747. The lowest BCUT2D eigenvalue weighted by molar-refractivity contribution is 0.0984. The lowest BCUT2D eigenvalue weighted by atomic mass is 10.0. The van der Waals surface area contributed by atoms with Crippen molar-refractivity contribution in [1.82, 2.24) is 15.1 Å². The molecule has 5 aromatic rings. The summed E-state index contributed by atoms with van der Waals surface area (Å²) in [5.41, 5.74) is 2.90. The third kappa shape index (κ3) is 4.02. The van der Waals surface area contributed by atoms with E-state index in [9.17, 15) is 4.79 Å². The topological polar surface area (TPSA) is 81.4 Å². The number of amides is 1. The van der Waals surface area contributed by atoms with Gasteiger partial charge in [0.05, 0.1) is 23.4 Å². The van der Waals surface area contributed by atoms with Crippen LogP contribution in [0.15, 0.2) is 71.5 Å². The van der Waals surface area contributed by atoms with Crippen LogP contribution in [0.5, 0.6) is 5.75 Å². The number of thiazole rings is 1. The van der Waals surface area contributed by atoms with Crippen molar-refractivity contribution in [2.24, 2.45) is 0 Å². The van der Waals surface area contributed by atoms with Gasteiger partial charge in [0.15, 0.2) is 5.13 Å². The van der Waals surface area contributed by atoms with Crippen LogP contribution in [0.3, 0.4) is 0 Å². The molecule has 3 aromatic heterocycles. The fourth-order valence-electron chi connectivity index (χ4n) is 3.69. The molecular weight excluding hydrogens is 472 g/mol. The number of carbonyl (C=O) groups is 1. The zero-order valence-corrected chi connectivity index (χ0v) is 19.9. The lowest BCUT2D eigenvalue weighted by Crippen LogP contribution is -2.31. The molecule has 0 aliphatic heterocycles. The van der Waals surface area contributed by atoms with Gasteiger partial charge in [-0.3, -0.25) is 14.7 Å². The SMILES string of the molecule is COc1cccc2sc(N(Cc3cccnc3)C(=O)c3c(-c4ccccc4Cl)noc3C)nc12. The van der Waals surface area contributed by atoms with Crippen molar-refractivity contribution in [1.29, 1.82) is 0 Å². The Morgan fingerprint density at radius 2 is 2.00 bits per heavy atom. The van der Waals surface area contributed by atoms with E-state index >= 15 is 0 Å². The van der Waals surface area contributed by atoms with Crippen molar-refractivity contribution in [3.8, 4) is 17.0 Å². The van der Waals surface area contributed by atoms with Crippen LogP contribution in [-0.2, 0) is 6.54 Å². The molecule has 1 amide bonds. The smallest absolute Gasteiger partial charge is 0.266 e. The summed E-state index contributed by atoms with van der Waals surface area (Å²) in [6.07, 6.45) is 3.42. The number of ether oxygens (including phenoxy) is 1. The molecule has 0 N–H and O–H groups in total. The van der Waals surface area contributed by atoms with E-state index in [1.807, 2.05) is 48.5 Å². The number of para-hydroxylation sites is 1. The Morgan fingerprint density at radius 1 is 1.15 bits per heavy atom. The van der Waals surface area contributed by atoms with E-state index in [-0.39, 0.29) is 12.5 Å². The highest BCUT2D eigenvalue weighted by molar-refractivity contribution is 7.22. The minimum Gasteiger partial charge on any atom is -0.494 e. The Kier molecular flexibility index (Phi) is 6.00. The number of aryl methyl sites for hydroxylation is 1. The van der Waals surface area contributed by atoms with Crippen molar-refractivity contribution >= 4 is 44.2 Å². The molecule has 0 spiro atoms. The normalized spacial score (nSPS) is 11.0.